The Morgan fingerprint density at radius 1 is 1.00 bits per heavy atom. The second-order valence-corrected chi connectivity index (χ2v) is 11.6. The molecule has 2 aromatic carbocycles. The lowest BCUT2D eigenvalue weighted by Crippen LogP contribution is -2.47. The molecule has 0 amide bonds. The van der Waals surface area contributed by atoms with Crippen molar-refractivity contribution in [1.29, 1.82) is 0 Å². The lowest BCUT2D eigenvalue weighted by atomic mass is 9.56. The van der Waals surface area contributed by atoms with Gasteiger partial charge in [0.1, 0.15) is 5.75 Å². The van der Waals surface area contributed by atoms with Gasteiger partial charge in [0.05, 0.1) is 23.1 Å². The number of esters is 1. The minimum absolute atomic E-state index is 0.0454. The number of carbonyl (C=O) groups is 3. The molecule has 0 unspecified atom stereocenters. The number of pyridine rings is 1. The van der Waals surface area contributed by atoms with E-state index in [2.05, 4.69) is 4.98 Å². The molecular weight excluding hydrogens is 582 g/mol. The highest BCUT2D eigenvalue weighted by Crippen LogP contribution is 2.53. The number of nitrogens with zero attached hydrogens (tertiary/aromatic N) is 1. The monoisotopic (exact) mass is 613 g/mol. The molecule has 2 aliphatic rings. The second-order valence-electron chi connectivity index (χ2n) is 11.1. The first-order valence-corrected chi connectivity index (χ1v) is 14.7. The zero-order valence-corrected chi connectivity index (χ0v) is 24.8. The Bertz CT molecular complexity index is 1610. The molecule has 8 nitrogen and oxygen atoms in total. The zero-order valence-electron chi connectivity index (χ0n) is 24.1. The Kier molecular flexibility index (Phi) is 9.30. The number of ether oxygens (including phenoxy) is 2. The molecule has 0 saturated carbocycles. The highest BCUT2D eigenvalue weighted by atomic mass is 35.5. The normalized spacial score (nSPS) is 22.8. The van der Waals surface area contributed by atoms with Gasteiger partial charge in [-0.05, 0) is 86.1 Å². The van der Waals surface area contributed by atoms with Crippen LogP contribution in [0, 0.1) is 23.2 Å². The van der Waals surface area contributed by atoms with E-state index in [0.29, 0.717) is 47.1 Å². The van der Waals surface area contributed by atoms with Crippen molar-refractivity contribution in [3.05, 3.63) is 119 Å². The number of fused-ring (bicyclic) bond motifs is 1. The van der Waals surface area contributed by atoms with Crippen molar-refractivity contribution in [1.82, 2.24) is 4.98 Å². The van der Waals surface area contributed by atoms with Gasteiger partial charge in [0.2, 0.25) is 5.88 Å². The Balaban J connectivity index is 1.23. The van der Waals surface area contributed by atoms with Gasteiger partial charge >= 0.3 is 17.9 Å². The molecule has 5 rings (SSSR count). The Hall–Kier alpha value is -4.69. The van der Waals surface area contributed by atoms with Gasteiger partial charge < -0.3 is 19.7 Å². The van der Waals surface area contributed by atoms with Crippen LogP contribution in [0.4, 0.5) is 0 Å². The molecule has 0 fully saturated rings. The number of carboxylic acids is 2. The van der Waals surface area contributed by atoms with Crippen LogP contribution in [0.2, 0.25) is 0 Å². The number of benzene rings is 2. The van der Waals surface area contributed by atoms with E-state index in [-0.39, 0.29) is 24.0 Å². The molecule has 3 aromatic rings. The van der Waals surface area contributed by atoms with Gasteiger partial charge in [-0.2, -0.15) is 0 Å². The molecule has 44 heavy (non-hydrogen) atoms. The van der Waals surface area contributed by atoms with Crippen molar-refractivity contribution in [3.8, 4) is 11.6 Å². The second kappa shape index (κ2) is 13.3. The third-order valence-electron chi connectivity index (χ3n) is 8.27. The molecule has 2 N–H and O–H groups in total. The van der Waals surface area contributed by atoms with E-state index >= 15 is 0 Å². The number of aromatic carboxylic acids is 1. The van der Waals surface area contributed by atoms with E-state index in [1.54, 1.807) is 66.9 Å². The highest BCUT2D eigenvalue weighted by molar-refractivity contribution is 6.48. The number of halogens is 1. The van der Waals surface area contributed by atoms with E-state index in [4.69, 9.17) is 21.1 Å². The fourth-order valence-electron chi connectivity index (χ4n) is 6.00. The van der Waals surface area contributed by atoms with Gasteiger partial charge in [0, 0.05) is 23.2 Å². The summed E-state index contributed by atoms with van der Waals surface area (Å²) in [5.41, 5.74) is 1.06. The van der Waals surface area contributed by atoms with Gasteiger partial charge in [0.25, 0.3) is 0 Å². The van der Waals surface area contributed by atoms with Crippen molar-refractivity contribution in [3.63, 3.8) is 0 Å². The highest BCUT2D eigenvalue weighted by Gasteiger charge is 2.52. The molecule has 0 radical (unpaired) electrons. The van der Waals surface area contributed by atoms with Crippen molar-refractivity contribution in [2.75, 3.05) is 6.61 Å². The summed E-state index contributed by atoms with van der Waals surface area (Å²) in [6, 6.07) is 18.2. The molecular formula is C35H32ClNO7. The number of aliphatic carboxylic acids is 1. The van der Waals surface area contributed by atoms with Crippen LogP contribution in [0.1, 0.15) is 52.5 Å². The molecule has 2 aliphatic carbocycles. The van der Waals surface area contributed by atoms with Gasteiger partial charge in [-0.25, -0.2) is 14.6 Å². The Morgan fingerprint density at radius 3 is 2.36 bits per heavy atom. The number of allylic oxidation sites excluding steroid dienone is 4. The van der Waals surface area contributed by atoms with Gasteiger partial charge in [0.15, 0.2) is 0 Å². The number of rotatable bonds is 10. The minimum atomic E-state index is -1.17. The summed E-state index contributed by atoms with van der Waals surface area (Å²) in [5.74, 6) is -2.02. The lowest BCUT2D eigenvalue weighted by Gasteiger charge is -2.46. The van der Waals surface area contributed by atoms with E-state index in [0.717, 1.165) is 5.57 Å². The van der Waals surface area contributed by atoms with Gasteiger partial charge in [-0.1, -0.05) is 59.7 Å². The molecule has 9 heteroatoms. The van der Waals surface area contributed by atoms with Gasteiger partial charge in [-0.15, -0.1) is 0 Å². The van der Waals surface area contributed by atoms with Crippen LogP contribution < -0.4 is 4.74 Å². The first-order chi connectivity index (χ1) is 21.2. The van der Waals surface area contributed by atoms with Crippen LogP contribution in [0.15, 0.2) is 103 Å². The van der Waals surface area contributed by atoms with Gasteiger partial charge in [-0.3, -0.25) is 4.79 Å². The van der Waals surface area contributed by atoms with E-state index in [9.17, 15) is 24.6 Å². The standard InChI is InChI=1S/C35H32ClNO7/c1-22-18-27-20-23(14-17-43-33(40)26-9-11-29(12-10-26)44-31-4-2-3-16-37-31)13-15-35(27,34(41)42)28(19-22)21-30(36)24-5-7-25(8-6-24)32(38)39/h2-13,15-16,19,21,23,27-28H,14,17-18,20H2,1H3,(H,38,39)(H,41,42)/b30-21-/t23-,27-,28-,35-/m0/s1. The molecule has 0 aliphatic heterocycles. The fraction of sp³-hybridized carbons (Fsp3) is 0.257. The lowest BCUT2D eigenvalue weighted by molar-refractivity contribution is -0.152. The maximum Gasteiger partial charge on any atom is 0.338 e. The SMILES string of the molecule is CC1=C[C@@H](/C=C(\Cl)c2ccc(C(=O)O)cc2)[C@]2(C(=O)O)C=C[C@@H](CCOC(=O)c3ccc(Oc4ccccn4)cc3)C[C@@H]2C1. The van der Waals surface area contributed by atoms with E-state index < -0.39 is 29.2 Å². The molecule has 1 aromatic heterocycles. The predicted molar refractivity (Wildman–Crippen MR) is 166 cm³/mol. The van der Waals surface area contributed by atoms with Crippen molar-refractivity contribution in [2.45, 2.75) is 26.2 Å². The minimum Gasteiger partial charge on any atom is -0.481 e. The summed E-state index contributed by atoms with van der Waals surface area (Å²) in [6.45, 7) is 2.19. The summed E-state index contributed by atoms with van der Waals surface area (Å²) in [5, 5.41) is 20.1. The number of carboxylic acid groups (broad SMARTS) is 2. The van der Waals surface area contributed by atoms with Crippen LogP contribution in [0.5, 0.6) is 11.6 Å². The van der Waals surface area contributed by atoms with E-state index in [1.807, 2.05) is 25.1 Å². The molecule has 0 spiro atoms. The molecule has 0 bridgehead atoms. The summed E-state index contributed by atoms with van der Waals surface area (Å²) >= 11 is 6.65. The molecule has 226 valence electrons. The van der Waals surface area contributed by atoms with Crippen LogP contribution in [0.25, 0.3) is 5.03 Å². The third-order valence-corrected chi connectivity index (χ3v) is 8.61. The Labute approximate surface area is 260 Å². The fourth-order valence-corrected chi connectivity index (χ4v) is 6.26. The van der Waals surface area contributed by atoms with Crippen molar-refractivity contribution in [2.24, 2.45) is 23.2 Å². The van der Waals surface area contributed by atoms with Crippen molar-refractivity contribution >= 4 is 34.5 Å². The largest absolute Gasteiger partial charge is 0.481 e. The average Bonchev–Trinajstić information content (AvgIpc) is 3.01. The average molecular weight is 614 g/mol. The van der Waals surface area contributed by atoms with E-state index in [1.165, 1.54) is 12.1 Å². The first-order valence-electron chi connectivity index (χ1n) is 14.3. The summed E-state index contributed by atoms with van der Waals surface area (Å²) in [4.78, 5) is 40.8. The van der Waals surface area contributed by atoms with Crippen LogP contribution in [0.3, 0.4) is 0 Å². The number of aromatic nitrogens is 1. The van der Waals surface area contributed by atoms with Crippen LogP contribution in [-0.2, 0) is 9.53 Å². The summed E-state index contributed by atoms with van der Waals surface area (Å²) < 4.78 is 11.2. The quantitative estimate of drug-likeness (QED) is 0.177. The summed E-state index contributed by atoms with van der Waals surface area (Å²) in [6.07, 6.45) is 10.9. The number of carbonyl (C=O) groups excluding carboxylic acids is 1. The molecule has 1 heterocycles. The Morgan fingerprint density at radius 2 is 1.70 bits per heavy atom. The third kappa shape index (κ3) is 6.76. The number of hydrogen-bond donors (Lipinski definition) is 2. The molecule has 4 atom stereocenters. The summed E-state index contributed by atoms with van der Waals surface area (Å²) in [7, 11) is 0. The zero-order chi connectivity index (χ0) is 31.3. The van der Waals surface area contributed by atoms with Crippen LogP contribution in [-0.4, -0.2) is 39.7 Å². The van der Waals surface area contributed by atoms with Crippen molar-refractivity contribution < 1.29 is 34.1 Å². The maximum atomic E-state index is 12.9. The first kappa shape index (κ1) is 30.8. The predicted octanol–water partition coefficient (Wildman–Crippen LogP) is 7.63. The maximum absolute atomic E-state index is 12.9. The molecule has 0 saturated heterocycles. The topological polar surface area (TPSA) is 123 Å². The number of hydrogen-bond acceptors (Lipinski definition) is 6. The van der Waals surface area contributed by atoms with Crippen LogP contribution >= 0.6 is 11.6 Å². The smallest absolute Gasteiger partial charge is 0.338 e.